The lowest BCUT2D eigenvalue weighted by molar-refractivity contribution is -0.385. The van der Waals surface area contributed by atoms with Crippen molar-refractivity contribution < 1.29 is 50.3 Å². The molecule has 2 aliphatic rings. The first kappa shape index (κ1) is 43.2. The molecule has 2 heterocycles. The number of anilines is 1. The number of hydrogen-bond acceptors (Lipinski definition) is 13. The molecule has 0 aromatic heterocycles. The molecular formula is C40H46N4O12S2. The standard InChI is InChI=1S/C20H22N2O7S.C20H24N2O5S/c1-4-29-18-10-13(8-9-17(18)28-2)16(12-30(3,26)27)21-11-14-6-5-7-15(22(24)25)19(14)20(21)23;1-4-27-18-10-13(8-9-17(18)26-2)16(12-28(3,24)25)22-11-14-6-5-7-15(21)19(14)20(22)23/h5-10,16H,4,11-12H2,1-3H3;5-10,16H,4,11-12,21H2,1-3H3. The van der Waals surface area contributed by atoms with Gasteiger partial charge in [0, 0.05) is 37.4 Å². The normalized spacial score (nSPS) is 14.5. The maximum absolute atomic E-state index is 13.1. The Labute approximate surface area is 337 Å². The summed E-state index contributed by atoms with van der Waals surface area (Å²) in [6.07, 6.45) is 2.25. The Balaban J connectivity index is 0.000000221. The smallest absolute Gasteiger partial charge is 0.282 e. The van der Waals surface area contributed by atoms with Gasteiger partial charge in [0.1, 0.15) is 25.2 Å². The summed E-state index contributed by atoms with van der Waals surface area (Å²) in [7, 11) is -3.83. The lowest BCUT2D eigenvalue weighted by atomic mass is 10.1. The summed E-state index contributed by atoms with van der Waals surface area (Å²) in [6.45, 7) is 4.84. The molecule has 0 spiro atoms. The van der Waals surface area contributed by atoms with Crippen LogP contribution in [-0.2, 0) is 32.8 Å². The minimum Gasteiger partial charge on any atom is -0.493 e. The number of nitro groups is 1. The molecule has 2 unspecified atom stereocenters. The zero-order valence-corrected chi connectivity index (χ0v) is 34.6. The van der Waals surface area contributed by atoms with Gasteiger partial charge < -0.3 is 34.5 Å². The van der Waals surface area contributed by atoms with E-state index in [1.807, 2.05) is 13.0 Å². The predicted molar refractivity (Wildman–Crippen MR) is 217 cm³/mol. The molecular weight excluding hydrogens is 793 g/mol. The van der Waals surface area contributed by atoms with Crippen molar-refractivity contribution in [3.05, 3.63) is 116 Å². The van der Waals surface area contributed by atoms with Crippen LogP contribution in [0.1, 0.15) is 68.9 Å². The number of methoxy groups -OCH3 is 2. The van der Waals surface area contributed by atoms with Crippen LogP contribution in [0.3, 0.4) is 0 Å². The second kappa shape index (κ2) is 17.7. The summed E-state index contributed by atoms with van der Waals surface area (Å²) in [5.74, 6) is 0.573. The quantitative estimate of drug-likeness (QED) is 0.0932. The number of amides is 2. The molecule has 0 saturated carbocycles. The van der Waals surface area contributed by atoms with Gasteiger partial charge in [-0.15, -0.1) is 0 Å². The number of hydrogen-bond donors (Lipinski definition) is 1. The van der Waals surface area contributed by atoms with E-state index in [9.17, 15) is 36.5 Å². The molecule has 2 amide bonds. The number of rotatable bonds is 15. The first-order valence-corrected chi connectivity index (χ1v) is 22.3. The third-order valence-electron chi connectivity index (χ3n) is 9.56. The zero-order chi connectivity index (χ0) is 42.5. The molecule has 2 aliphatic heterocycles. The van der Waals surface area contributed by atoms with E-state index in [0.29, 0.717) is 70.7 Å². The van der Waals surface area contributed by atoms with Gasteiger partial charge in [0.05, 0.1) is 61.5 Å². The molecule has 6 rings (SSSR count). The van der Waals surface area contributed by atoms with E-state index < -0.39 is 42.6 Å². The Kier molecular flexibility index (Phi) is 13.2. The van der Waals surface area contributed by atoms with Crippen LogP contribution in [0.25, 0.3) is 0 Å². The Hall–Kier alpha value is -5.88. The van der Waals surface area contributed by atoms with Gasteiger partial charge in [0.25, 0.3) is 17.5 Å². The molecule has 0 bridgehead atoms. The molecule has 2 atom stereocenters. The summed E-state index contributed by atoms with van der Waals surface area (Å²) in [4.78, 5) is 39.9. The van der Waals surface area contributed by atoms with Crippen molar-refractivity contribution in [2.75, 3.05) is 57.2 Å². The van der Waals surface area contributed by atoms with Gasteiger partial charge in [-0.25, -0.2) is 16.8 Å². The number of ether oxygens (including phenoxy) is 4. The van der Waals surface area contributed by atoms with Gasteiger partial charge >= 0.3 is 0 Å². The van der Waals surface area contributed by atoms with Gasteiger partial charge in [0.15, 0.2) is 23.0 Å². The van der Waals surface area contributed by atoms with Gasteiger partial charge in [-0.2, -0.15) is 0 Å². The fraction of sp³-hybridized carbons (Fsp3) is 0.350. The summed E-state index contributed by atoms with van der Waals surface area (Å²) < 4.78 is 70.4. The van der Waals surface area contributed by atoms with E-state index >= 15 is 0 Å². The highest BCUT2D eigenvalue weighted by Gasteiger charge is 2.40. The van der Waals surface area contributed by atoms with Gasteiger partial charge in [-0.1, -0.05) is 36.4 Å². The molecule has 18 heteroatoms. The van der Waals surface area contributed by atoms with E-state index in [2.05, 4.69) is 0 Å². The van der Waals surface area contributed by atoms with Gasteiger partial charge in [-0.05, 0) is 66.4 Å². The molecule has 0 radical (unpaired) electrons. The first-order valence-electron chi connectivity index (χ1n) is 18.1. The minimum absolute atomic E-state index is 0.000422. The Morgan fingerprint density at radius 2 is 1.12 bits per heavy atom. The maximum atomic E-state index is 13.1. The van der Waals surface area contributed by atoms with Crippen molar-refractivity contribution >= 4 is 42.9 Å². The highest BCUT2D eigenvalue weighted by Crippen LogP contribution is 2.40. The van der Waals surface area contributed by atoms with Crippen LogP contribution < -0.4 is 24.7 Å². The average Bonchev–Trinajstić information content (AvgIpc) is 3.69. The van der Waals surface area contributed by atoms with E-state index in [-0.39, 0.29) is 35.2 Å². The van der Waals surface area contributed by atoms with Crippen molar-refractivity contribution in [2.24, 2.45) is 0 Å². The van der Waals surface area contributed by atoms with E-state index in [4.69, 9.17) is 24.7 Å². The molecule has 0 saturated heterocycles. The molecule has 58 heavy (non-hydrogen) atoms. The monoisotopic (exact) mass is 838 g/mol. The lowest BCUT2D eigenvalue weighted by Gasteiger charge is -2.28. The van der Waals surface area contributed by atoms with Crippen LogP contribution in [0, 0.1) is 10.1 Å². The third kappa shape index (κ3) is 9.62. The number of nitro benzene ring substituents is 1. The number of sulfone groups is 2. The van der Waals surface area contributed by atoms with E-state index in [1.165, 1.54) is 31.3 Å². The fourth-order valence-corrected chi connectivity index (χ4v) is 8.97. The Morgan fingerprint density at radius 3 is 1.52 bits per heavy atom. The molecule has 2 N–H and O–H groups in total. The second-order valence-corrected chi connectivity index (χ2v) is 18.1. The topological polar surface area (TPSA) is 215 Å². The number of carbonyl (C=O) groups excluding carboxylic acids is 2. The molecule has 4 aromatic carbocycles. The highest BCUT2D eigenvalue weighted by molar-refractivity contribution is 7.90. The number of benzene rings is 4. The molecule has 4 aromatic rings. The van der Waals surface area contributed by atoms with E-state index in [1.54, 1.807) is 66.4 Å². The molecule has 310 valence electrons. The fourth-order valence-electron chi connectivity index (χ4n) is 7.07. The molecule has 0 aliphatic carbocycles. The summed E-state index contributed by atoms with van der Waals surface area (Å²) >= 11 is 0. The predicted octanol–water partition coefficient (Wildman–Crippen LogP) is 5.16. The largest absolute Gasteiger partial charge is 0.493 e. The van der Waals surface area contributed by atoms with Crippen LogP contribution in [0.2, 0.25) is 0 Å². The maximum Gasteiger partial charge on any atom is 0.282 e. The molecule has 0 fully saturated rings. The number of fused-ring (bicyclic) bond motifs is 2. The summed E-state index contributed by atoms with van der Waals surface area (Å²) in [6, 6.07) is 18.4. The van der Waals surface area contributed by atoms with E-state index in [0.717, 1.165) is 18.1 Å². The number of nitrogens with two attached hydrogens (primary N) is 1. The van der Waals surface area contributed by atoms with Crippen LogP contribution in [-0.4, -0.2) is 94.8 Å². The SMILES string of the molecule is CCOc1cc(C(CS(C)(=O)=O)N2Cc3cccc(N)c3C2=O)ccc1OC.CCOc1cc(C(CS(C)(=O)=O)N2Cc3cccc([N+](=O)[O-])c3C2=O)ccc1OC. The molecule has 16 nitrogen and oxygen atoms in total. The first-order chi connectivity index (χ1) is 27.4. The van der Waals surface area contributed by atoms with Crippen molar-refractivity contribution in [3.8, 4) is 23.0 Å². The zero-order valence-electron chi connectivity index (χ0n) is 33.0. The number of nitrogen functional groups attached to an aromatic ring is 1. The average molecular weight is 839 g/mol. The Bertz CT molecular complexity index is 2440. The third-order valence-corrected chi connectivity index (χ3v) is 11.4. The van der Waals surface area contributed by atoms with Gasteiger partial charge in [0.2, 0.25) is 0 Å². The van der Waals surface area contributed by atoms with Gasteiger partial charge in [-0.3, -0.25) is 19.7 Å². The van der Waals surface area contributed by atoms with Crippen LogP contribution in [0.5, 0.6) is 23.0 Å². The summed E-state index contributed by atoms with van der Waals surface area (Å²) in [5, 5.41) is 11.4. The van der Waals surface area contributed by atoms with Crippen molar-refractivity contribution in [3.63, 3.8) is 0 Å². The second-order valence-electron chi connectivity index (χ2n) is 13.7. The van der Waals surface area contributed by atoms with Crippen LogP contribution >= 0.6 is 0 Å². The lowest BCUT2D eigenvalue weighted by Crippen LogP contribution is -2.33. The summed E-state index contributed by atoms with van der Waals surface area (Å²) in [5.41, 5.74) is 9.02. The highest BCUT2D eigenvalue weighted by atomic mass is 32.2. The number of nitrogens with zero attached hydrogens (tertiary/aromatic N) is 3. The van der Waals surface area contributed by atoms with Crippen molar-refractivity contribution in [1.29, 1.82) is 0 Å². The van der Waals surface area contributed by atoms with Crippen molar-refractivity contribution in [1.82, 2.24) is 9.80 Å². The number of carbonyl (C=O) groups is 2. The van der Waals surface area contributed by atoms with Crippen molar-refractivity contribution in [2.45, 2.75) is 39.0 Å². The Morgan fingerprint density at radius 1 is 0.690 bits per heavy atom. The van der Waals surface area contributed by atoms with Crippen LogP contribution in [0.15, 0.2) is 72.8 Å². The minimum atomic E-state index is -3.49. The van der Waals surface area contributed by atoms with Crippen LogP contribution in [0.4, 0.5) is 11.4 Å².